The maximum atomic E-state index is 9.80. The number of rotatable bonds is 3. The second-order valence-electron chi connectivity index (χ2n) is 5.09. The van der Waals surface area contributed by atoms with Gasteiger partial charge in [0.05, 0.1) is 25.4 Å². The van der Waals surface area contributed by atoms with Crippen LogP contribution in [0.2, 0.25) is 0 Å². The number of aliphatic hydroxyl groups is 1. The van der Waals surface area contributed by atoms with E-state index in [1.807, 2.05) is 0 Å². The van der Waals surface area contributed by atoms with Gasteiger partial charge < -0.3 is 14.6 Å². The van der Waals surface area contributed by atoms with Crippen molar-refractivity contribution in [3.8, 4) is 0 Å². The fourth-order valence-corrected chi connectivity index (χ4v) is 2.47. The predicted molar refractivity (Wildman–Crippen MR) is 57.7 cm³/mol. The van der Waals surface area contributed by atoms with Gasteiger partial charge in [0.25, 0.3) is 0 Å². The van der Waals surface area contributed by atoms with Gasteiger partial charge in [-0.25, -0.2) is 0 Å². The Kier molecular flexibility index (Phi) is 4.00. The van der Waals surface area contributed by atoms with Gasteiger partial charge in [-0.05, 0) is 31.6 Å². The summed E-state index contributed by atoms with van der Waals surface area (Å²) < 4.78 is 11.1. The Morgan fingerprint density at radius 1 is 1.33 bits per heavy atom. The Morgan fingerprint density at radius 3 is 2.93 bits per heavy atom. The normalized spacial score (nSPS) is 42.0. The van der Waals surface area contributed by atoms with E-state index in [1.165, 1.54) is 0 Å². The van der Waals surface area contributed by atoms with E-state index in [-0.39, 0.29) is 12.2 Å². The summed E-state index contributed by atoms with van der Waals surface area (Å²) in [7, 11) is 0. The van der Waals surface area contributed by atoms with Crippen LogP contribution in [0.4, 0.5) is 0 Å². The number of aliphatic hydroxyl groups excluding tert-OH is 1. The summed E-state index contributed by atoms with van der Waals surface area (Å²) >= 11 is 0. The van der Waals surface area contributed by atoms with E-state index in [1.54, 1.807) is 0 Å². The van der Waals surface area contributed by atoms with Crippen molar-refractivity contribution in [2.75, 3.05) is 19.8 Å². The molecule has 0 spiro atoms. The van der Waals surface area contributed by atoms with E-state index in [0.29, 0.717) is 11.8 Å². The third-order valence-corrected chi connectivity index (χ3v) is 3.59. The molecule has 1 heterocycles. The van der Waals surface area contributed by atoms with Crippen molar-refractivity contribution in [1.29, 1.82) is 0 Å². The van der Waals surface area contributed by atoms with Crippen molar-refractivity contribution >= 4 is 0 Å². The van der Waals surface area contributed by atoms with E-state index in [9.17, 15) is 5.11 Å². The Morgan fingerprint density at radius 2 is 2.20 bits per heavy atom. The van der Waals surface area contributed by atoms with Gasteiger partial charge in [-0.2, -0.15) is 0 Å². The molecular weight excluding hydrogens is 192 g/mol. The van der Waals surface area contributed by atoms with Crippen LogP contribution in [0.15, 0.2) is 0 Å². The minimum Gasteiger partial charge on any atom is -0.390 e. The SMILES string of the molecule is CC1CCC(O)C(OCC2CCOC2)C1. The minimum atomic E-state index is -0.247. The molecule has 1 saturated heterocycles. The number of hydrogen-bond donors (Lipinski definition) is 1. The van der Waals surface area contributed by atoms with Gasteiger partial charge in [-0.3, -0.25) is 0 Å². The molecule has 3 nitrogen and oxygen atoms in total. The molecule has 1 saturated carbocycles. The van der Waals surface area contributed by atoms with Crippen LogP contribution in [0, 0.1) is 11.8 Å². The fraction of sp³-hybridized carbons (Fsp3) is 1.00. The summed E-state index contributed by atoms with van der Waals surface area (Å²) in [6, 6.07) is 0. The van der Waals surface area contributed by atoms with Gasteiger partial charge >= 0.3 is 0 Å². The molecule has 0 aromatic rings. The minimum absolute atomic E-state index is 0.0642. The molecule has 0 amide bonds. The fourth-order valence-electron chi connectivity index (χ4n) is 2.47. The van der Waals surface area contributed by atoms with E-state index in [4.69, 9.17) is 9.47 Å². The molecule has 2 fully saturated rings. The summed E-state index contributed by atoms with van der Waals surface area (Å²) in [6.07, 6.45) is 3.96. The zero-order valence-corrected chi connectivity index (χ0v) is 9.52. The van der Waals surface area contributed by atoms with Gasteiger partial charge in [-0.1, -0.05) is 6.92 Å². The van der Waals surface area contributed by atoms with Crippen LogP contribution in [0.1, 0.15) is 32.6 Å². The second-order valence-corrected chi connectivity index (χ2v) is 5.09. The third kappa shape index (κ3) is 3.16. The topological polar surface area (TPSA) is 38.7 Å². The highest BCUT2D eigenvalue weighted by molar-refractivity contribution is 4.79. The highest BCUT2D eigenvalue weighted by Crippen LogP contribution is 2.27. The lowest BCUT2D eigenvalue weighted by atomic mass is 9.86. The first-order chi connectivity index (χ1) is 7.25. The molecule has 2 rings (SSSR count). The van der Waals surface area contributed by atoms with Crippen molar-refractivity contribution in [3.63, 3.8) is 0 Å². The summed E-state index contributed by atoms with van der Waals surface area (Å²) in [5.41, 5.74) is 0. The molecule has 2 aliphatic rings. The average Bonchev–Trinajstić information content (AvgIpc) is 2.72. The Bertz CT molecular complexity index is 189. The Hall–Kier alpha value is -0.120. The highest BCUT2D eigenvalue weighted by Gasteiger charge is 2.28. The predicted octanol–water partition coefficient (Wildman–Crippen LogP) is 1.59. The van der Waals surface area contributed by atoms with Crippen LogP contribution in [0.25, 0.3) is 0 Å². The summed E-state index contributed by atoms with van der Waals surface area (Å²) in [5.74, 6) is 1.24. The molecule has 0 bridgehead atoms. The van der Waals surface area contributed by atoms with Gasteiger partial charge in [-0.15, -0.1) is 0 Å². The molecule has 4 unspecified atom stereocenters. The number of hydrogen-bond acceptors (Lipinski definition) is 3. The Balaban J connectivity index is 1.72. The van der Waals surface area contributed by atoms with Crippen molar-refractivity contribution < 1.29 is 14.6 Å². The first-order valence-corrected chi connectivity index (χ1v) is 6.13. The molecule has 15 heavy (non-hydrogen) atoms. The first-order valence-electron chi connectivity index (χ1n) is 6.13. The van der Waals surface area contributed by atoms with Gasteiger partial charge in [0, 0.05) is 12.5 Å². The molecule has 1 aliphatic carbocycles. The van der Waals surface area contributed by atoms with Crippen molar-refractivity contribution in [3.05, 3.63) is 0 Å². The highest BCUT2D eigenvalue weighted by atomic mass is 16.5. The zero-order valence-electron chi connectivity index (χ0n) is 9.52. The molecule has 1 N–H and O–H groups in total. The second kappa shape index (κ2) is 5.28. The smallest absolute Gasteiger partial charge is 0.0836 e. The van der Waals surface area contributed by atoms with Crippen molar-refractivity contribution in [2.24, 2.45) is 11.8 Å². The van der Waals surface area contributed by atoms with Crippen LogP contribution >= 0.6 is 0 Å². The molecule has 88 valence electrons. The van der Waals surface area contributed by atoms with Crippen molar-refractivity contribution in [1.82, 2.24) is 0 Å². The quantitative estimate of drug-likeness (QED) is 0.775. The molecular formula is C12H22O3. The largest absolute Gasteiger partial charge is 0.390 e. The summed E-state index contributed by atoms with van der Waals surface area (Å²) in [5, 5.41) is 9.80. The van der Waals surface area contributed by atoms with Gasteiger partial charge in [0.2, 0.25) is 0 Å². The Labute approximate surface area is 91.8 Å². The summed E-state index contributed by atoms with van der Waals surface area (Å²) in [4.78, 5) is 0. The van der Waals surface area contributed by atoms with Crippen LogP contribution in [0.3, 0.4) is 0 Å². The van der Waals surface area contributed by atoms with Crippen LogP contribution in [0.5, 0.6) is 0 Å². The van der Waals surface area contributed by atoms with Crippen molar-refractivity contribution in [2.45, 2.75) is 44.8 Å². The molecule has 4 atom stereocenters. The average molecular weight is 214 g/mol. The van der Waals surface area contributed by atoms with E-state index in [0.717, 1.165) is 45.5 Å². The molecule has 0 radical (unpaired) electrons. The molecule has 1 aliphatic heterocycles. The summed E-state index contributed by atoms with van der Waals surface area (Å²) in [6.45, 7) is 4.70. The van der Waals surface area contributed by atoms with E-state index in [2.05, 4.69) is 6.92 Å². The first kappa shape index (κ1) is 11.4. The van der Waals surface area contributed by atoms with Gasteiger partial charge in [0.15, 0.2) is 0 Å². The monoisotopic (exact) mass is 214 g/mol. The lowest BCUT2D eigenvalue weighted by Gasteiger charge is -2.32. The van der Waals surface area contributed by atoms with Crippen LogP contribution < -0.4 is 0 Å². The maximum Gasteiger partial charge on any atom is 0.0836 e. The standard InChI is InChI=1S/C12H22O3/c1-9-2-3-11(13)12(6-9)15-8-10-4-5-14-7-10/h9-13H,2-8H2,1H3. The molecule has 0 aromatic heterocycles. The van der Waals surface area contributed by atoms with Crippen LogP contribution in [-0.4, -0.2) is 37.1 Å². The van der Waals surface area contributed by atoms with Gasteiger partial charge in [0.1, 0.15) is 0 Å². The maximum absolute atomic E-state index is 9.80. The van der Waals surface area contributed by atoms with E-state index >= 15 is 0 Å². The zero-order chi connectivity index (χ0) is 10.7. The number of ether oxygens (including phenoxy) is 2. The lowest BCUT2D eigenvalue weighted by Crippen LogP contribution is -2.36. The lowest BCUT2D eigenvalue weighted by molar-refractivity contribution is -0.0791. The molecule has 0 aromatic carbocycles. The third-order valence-electron chi connectivity index (χ3n) is 3.59. The molecule has 3 heteroatoms. The van der Waals surface area contributed by atoms with Crippen LogP contribution in [-0.2, 0) is 9.47 Å². The van der Waals surface area contributed by atoms with E-state index < -0.39 is 0 Å².